The number of carbonyl (C=O) groups excluding carboxylic acids is 1. The van der Waals surface area contributed by atoms with Crippen LogP contribution in [0.4, 0.5) is 0 Å². The van der Waals surface area contributed by atoms with Crippen LogP contribution in [0.1, 0.15) is 37.3 Å². The number of hydrogen-bond donors (Lipinski definition) is 1. The van der Waals surface area contributed by atoms with E-state index in [1.54, 1.807) is 0 Å². The maximum atomic E-state index is 12.3. The average molecular weight is 260 g/mol. The second-order valence-electron chi connectivity index (χ2n) is 5.42. The van der Waals surface area contributed by atoms with Gasteiger partial charge in [-0.15, -0.1) is 0 Å². The third kappa shape index (κ3) is 3.80. The lowest BCUT2D eigenvalue weighted by molar-refractivity contribution is -0.133. The molecule has 1 heterocycles. The summed E-state index contributed by atoms with van der Waals surface area (Å²) in [5, 5.41) is 3.35. The molecule has 0 aromatic heterocycles. The van der Waals surface area contributed by atoms with Crippen LogP contribution in [0.5, 0.6) is 0 Å². The van der Waals surface area contributed by atoms with Gasteiger partial charge in [0.05, 0.1) is 6.04 Å². The Balaban J connectivity index is 1.85. The Hall–Kier alpha value is -1.35. The minimum atomic E-state index is -0.0993. The Morgan fingerprint density at radius 1 is 1.26 bits per heavy atom. The first-order chi connectivity index (χ1) is 9.18. The first-order valence-corrected chi connectivity index (χ1v) is 7.25. The van der Waals surface area contributed by atoms with Crippen LogP contribution >= 0.6 is 0 Å². The third-order valence-corrected chi connectivity index (χ3v) is 3.90. The van der Waals surface area contributed by atoms with Gasteiger partial charge in [-0.3, -0.25) is 4.79 Å². The Kier molecular flexibility index (Phi) is 4.97. The molecule has 1 fully saturated rings. The quantitative estimate of drug-likeness (QED) is 0.902. The summed E-state index contributed by atoms with van der Waals surface area (Å²) >= 11 is 0. The summed E-state index contributed by atoms with van der Waals surface area (Å²) in [4.78, 5) is 14.3. The van der Waals surface area contributed by atoms with Gasteiger partial charge in [0, 0.05) is 19.6 Å². The van der Waals surface area contributed by atoms with Crippen molar-refractivity contribution in [3.63, 3.8) is 0 Å². The first kappa shape index (κ1) is 14.1. The number of hydrogen-bond acceptors (Lipinski definition) is 2. The normalized spacial score (nSPS) is 17.3. The second-order valence-corrected chi connectivity index (χ2v) is 5.42. The zero-order valence-corrected chi connectivity index (χ0v) is 12.0. The summed E-state index contributed by atoms with van der Waals surface area (Å²) in [6.45, 7) is 6.68. The van der Waals surface area contributed by atoms with Crippen molar-refractivity contribution in [3.8, 4) is 0 Å². The van der Waals surface area contributed by atoms with Crippen molar-refractivity contribution in [1.82, 2.24) is 10.2 Å². The highest BCUT2D eigenvalue weighted by Crippen LogP contribution is 2.11. The number of amides is 1. The van der Waals surface area contributed by atoms with Crippen molar-refractivity contribution in [1.29, 1.82) is 0 Å². The van der Waals surface area contributed by atoms with Gasteiger partial charge in [0.15, 0.2) is 0 Å². The molecule has 0 radical (unpaired) electrons. The molecule has 1 aromatic carbocycles. The number of benzene rings is 1. The highest BCUT2D eigenvalue weighted by Gasteiger charge is 2.21. The average Bonchev–Trinajstić information content (AvgIpc) is 2.46. The molecule has 1 amide bonds. The SMILES string of the molecule is Cc1ccccc1CN[C@@H](C)C(=O)N1CCCCC1. The van der Waals surface area contributed by atoms with Gasteiger partial charge in [0.2, 0.25) is 5.91 Å². The van der Waals surface area contributed by atoms with Gasteiger partial charge in [0.25, 0.3) is 0 Å². The van der Waals surface area contributed by atoms with E-state index in [0.717, 1.165) is 32.5 Å². The number of carbonyl (C=O) groups is 1. The summed E-state index contributed by atoms with van der Waals surface area (Å²) in [5.41, 5.74) is 2.54. The molecule has 0 bridgehead atoms. The van der Waals surface area contributed by atoms with E-state index in [-0.39, 0.29) is 11.9 Å². The maximum absolute atomic E-state index is 12.3. The topological polar surface area (TPSA) is 32.3 Å². The number of piperidine rings is 1. The van der Waals surface area contributed by atoms with E-state index in [9.17, 15) is 4.79 Å². The van der Waals surface area contributed by atoms with Crippen LogP contribution in [-0.2, 0) is 11.3 Å². The van der Waals surface area contributed by atoms with E-state index in [1.165, 1.54) is 17.5 Å². The molecule has 1 atom stereocenters. The molecule has 3 nitrogen and oxygen atoms in total. The molecule has 3 heteroatoms. The molecule has 2 rings (SSSR count). The number of nitrogens with zero attached hydrogens (tertiary/aromatic N) is 1. The number of aryl methyl sites for hydroxylation is 1. The van der Waals surface area contributed by atoms with E-state index < -0.39 is 0 Å². The van der Waals surface area contributed by atoms with Gasteiger partial charge in [-0.05, 0) is 44.2 Å². The van der Waals surface area contributed by atoms with Crippen LogP contribution in [-0.4, -0.2) is 29.9 Å². The summed E-state index contributed by atoms with van der Waals surface area (Å²) in [5.74, 6) is 0.244. The Labute approximate surface area is 116 Å². The van der Waals surface area contributed by atoms with E-state index in [0.29, 0.717) is 0 Å². The molecular weight excluding hydrogens is 236 g/mol. The fourth-order valence-corrected chi connectivity index (χ4v) is 2.55. The van der Waals surface area contributed by atoms with Crippen LogP contribution in [0.15, 0.2) is 24.3 Å². The van der Waals surface area contributed by atoms with Gasteiger partial charge in [-0.2, -0.15) is 0 Å². The second kappa shape index (κ2) is 6.71. The molecule has 104 valence electrons. The summed E-state index contributed by atoms with van der Waals surface area (Å²) in [6, 6.07) is 8.20. The molecule has 1 saturated heterocycles. The fraction of sp³-hybridized carbons (Fsp3) is 0.562. The number of rotatable bonds is 4. The third-order valence-electron chi connectivity index (χ3n) is 3.90. The van der Waals surface area contributed by atoms with Crippen molar-refractivity contribution in [3.05, 3.63) is 35.4 Å². The highest BCUT2D eigenvalue weighted by molar-refractivity contribution is 5.81. The Morgan fingerprint density at radius 2 is 1.95 bits per heavy atom. The van der Waals surface area contributed by atoms with Crippen LogP contribution in [0.2, 0.25) is 0 Å². The molecule has 0 aliphatic carbocycles. The van der Waals surface area contributed by atoms with Crippen molar-refractivity contribution in [2.45, 2.75) is 45.7 Å². The highest BCUT2D eigenvalue weighted by atomic mass is 16.2. The smallest absolute Gasteiger partial charge is 0.239 e. The lowest BCUT2D eigenvalue weighted by Gasteiger charge is -2.29. The van der Waals surface area contributed by atoms with Crippen LogP contribution in [0.25, 0.3) is 0 Å². The van der Waals surface area contributed by atoms with Gasteiger partial charge in [-0.1, -0.05) is 24.3 Å². The summed E-state index contributed by atoms with van der Waals surface area (Å²) in [7, 11) is 0. The van der Waals surface area contributed by atoms with Crippen LogP contribution in [0, 0.1) is 6.92 Å². The molecule has 0 unspecified atom stereocenters. The molecular formula is C16H24N2O. The van der Waals surface area contributed by atoms with E-state index in [1.807, 2.05) is 24.0 Å². The lowest BCUT2D eigenvalue weighted by Crippen LogP contribution is -2.46. The van der Waals surface area contributed by atoms with Gasteiger partial charge in [-0.25, -0.2) is 0 Å². The predicted octanol–water partition coefficient (Wildman–Crippen LogP) is 2.49. The van der Waals surface area contributed by atoms with Crippen molar-refractivity contribution in [2.75, 3.05) is 13.1 Å². The molecule has 0 spiro atoms. The standard InChI is InChI=1S/C16H24N2O/c1-13-8-4-5-9-15(13)12-17-14(2)16(19)18-10-6-3-7-11-18/h4-5,8-9,14,17H,3,6-7,10-12H2,1-2H3/t14-/m0/s1. The van der Waals surface area contributed by atoms with Crippen LogP contribution in [0.3, 0.4) is 0 Å². The molecule has 0 saturated carbocycles. The van der Waals surface area contributed by atoms with Gasteiger partial charge < -0.3 is 10.2 Å². The number of nitrogens with one attached hydrogen (secondary N) is 1. The largest absolute Gasteiger partial charge is 0.341 e. The van der Waals surface area contributed by atoms with E-state index >= 15 is 0 Å². The summed E-state index contributed by atoms with van der Waals surface area (Å²) < 4.78 is 0. The number of likely N-dealkylation sites (tertiary alicyclic amines) is 1. The molecule has 1 aliphatic rings. The van der Waals surface area contributed by atoms with Gasteiger partial charge >= 0.3 is 0 Å². The minimum absolute atomic E-state index is 0.0993. The van der Waals surface area contributed by atoms with E-state index in [2.05, 4.69) is 24.4 Å². The minimum Gasteiger partial charge on any atom is -0.341 e. The first-order valence-electron chi connectivity index (χ1n) is 7.25. The summed E-state index contributed by atoms with van der Waals surface area (Å²) in [6.07, 6.45) is 3.56. The van der Waals surface area contributed by atoms with E-state index in [4.69, 9.17) is 0 Å². The van der Waals surface area contributed by atoms with Crippen molar-refractivity contribution in [2.24, 2.45) is 0 Å². The molecule has 1 aliphatic heterocycles. The fourth-order valence-electron chi connectivity index (χ4n) is 2.55. The predicted molar refractivity (Wildman–Crippen MR) is 77.9 cm³/mol. The Morgan fingerprint density at radius 3 is 2.63 bits per heavy atom. The monoisotopic (exact) mass is 260 g/mol. The van der Waals surface area contributed by atoms with Crippen molar-refractivity contribution < 1.29 is 4.79 Å². The molecule has 19 heavy (non-hydrogen) atoms. The van der Waals surface area contributed by atoms with Gasteiger partial charge in [0.1, 0.15) is 0 Å². The molecule has 1 N–H and O–H groups in total. The molecule has 1 aromatic rings. The van der Waals surface area contributed by atoms with Crippen molar-refractivity contribution >= 4 is 5.91 Å². The Bertz CT molecular complexity index is 425. The zero-order chi connectivity index (χ0) is 13.7. The maximum Gasteiger partial charge on any atom is 0.239 e. The zero-order valence-electron chi connectivity index (χ0n) is 12.0. The lowest BCUT2D eigenvalue weighted by atomic mass is 10.1. The van der Waals surface area contributed by atoms with Crippen LogP contribution < -0.4 is 5.32 Å².